The molecule has 0 amide bonds. The summed E-state index contributed by atoms with van der Waals surface area (Å²) in [5.41, 5.74) is 0.122. The van der Waals surface area contributed by atoms with Gasteiger partial charge in [0.15, 0.2) is 0 Å². The SMILES string of the molecule is CN1C[C@]2(C)CC(=O)CC[C@@H]2C[C@H]1C#N. The summed E-state index contributed by atoms with van der Waals surface area (Å²) in [7, 11) is 1.99. The minimum absolute atomic E-state index is 0.0521. The fourth-order valence-electron chi connectivity index (χ4n) is 3.23. The van der Waals surface area contributed by atoms with E-state index in [-0.39, 0.29) is 11.5 Å². The van der Waals surface area contributed by atoms with Gasteiger partial charge in [-0.3, -0.25) is 9.69 Å². The van der Waals surface area contributed by atoms with Gasteiger partial charge < -0.3 is 0 Å². The Bertz CT molecular complexity index is 320. The Morgan fingerprint density at radius 2 is 2.33 bits per heavy atom. The van der Waals surface area contributed by atoms with Crippen molar-refractivity contribution in [2.45, 2.75) is 38.6 Å². The number of Topliss-reactive ketones (excluding diaryl/α,β-unsaturated/α-hetero) is 1. The van der Waals surface area contributed by atoms with E-state index in [4.69, 9.17) is 5.26 Å². The molecule has 2 rings (SSSR count). The maximum Gasteiger partial charge on any atom is 0.133 e. The van der Waals surface area contributed by atoms with Crippen molar-refractivity contribution in [2.75, 3.05) is 13.6 Å². The Balaban J connectivity index is 2.17. The molecule has 1 saturated heterocycles. The molecule has 1 aliphatic carbocycles. The number of piperidine rings is 1. The average molecular weight is 206 g/mol. The number of carbonyl (C=O) groups is 1. The van der Waals surface area contributed by atoms with Gasteiger partial charge in [-0.2, -0.15) is 5.26 Å². The predicted molar refractivity (Wildman–Crippen MR) is 57.1 cm³/mol. The third-order valence-electron chi connectivity index (χ3n) is 4.16. The zero-order valence-electron chi connectivity index (χ0n) is 9.49. The van der Waals surface area contributed by atoms with E-state index < -0.39 is 0 Å². The smallest absolute Gasteiger partial charge is 0.133 e. The molecular weight excluding hydrogens is 188 g/mol. The van der Waals surface area contributed by atoms with Crippen LogP contribution in [0.15, 0.2) is 0 Å². The lowest BCUT2D eigenvalue weighted by Crippen LogP contribution is -2.52. The van der Waals surface area contributed by atoms with Gasteiger partial charge in [0.05, 0.1) is 12.1 Å². The third-order valence-corrected chi connectivity index (χ3v) is 4.16. The number of hydrogen-bond donors (Lipinski definition) is 0. The summed E-state index contributed by atoms with van der Waals surface area (Å²) >= 11 is 0. The average Bonchev–Trinajstić information content (AvgIpc) is 2.15. The van der Waals surface area contributed by atoms with Gasteiger partial charge in [-0.1, -0.05) is 6.92 Å². The highest BCUT2D eigenvalue weighted by Gasteiger charge is 2.45. The molecule has 2 aliphatic rings. The second-order valence-electron chi connectivity index (χ2n) is 5.40. The van der Waals surface area contributed by atoms with Crippen molar-refractivity contribution in [3.8, 4) is 6.07 Å². The number of hydrogen-bond acceptors (Lipinski definition) is 3. The van der Waals surface area contributed by atoms with Crippen LogP contribution < -0.4 is 0 Å². The molecule has 3 atom stereocenters. The van der Waals surface area contributed by atoms with Gasteiger partial charge in [0.25, 0.3) is 0 Å². The van der Waals surface area contributed by atoms with Crippen LogP contribution in [0.2, 0.25) is 0 Å². The number of nitriles is 1. The summed E-state index contributed by atoms with van der Waals surface area (Å²) in [6.45, 7) is 3.10. The summed E-state index contributed by atoms with van der Waals surface area (Å²) in [5, 5.41) is 9.03. The van der Waals surface area contributed by atoms with E-state index >= 15 is 0 Å². The molecule has 15 heavy (non-hydrogen) atoms. The number of ketones is 1. The van der Waals surface area contributed by atoms with E-state index in [1.165, 1.54) is 0 Å². The largest absolute Gasteiger partial charge is 0.300 e. The Morgan fingerprint density at radius 3 is 3.00 bits per heavy atom. The van der Waals surface area contributed by atoms with Crippen molar-refractivity contribution < 1.29 is 4.79 Å². The van der Waals surface area contributed by atoms with Gasteiger partial charge in [-0.25, -0.2) is 0 Å². The summed E-state index contributed by atoms with van der Waals surface area (Å²) in [5.74, 6) is 0.966. The van der Waals surface area contributed by atoms with Crippen molar-refractivity contribution >= 4 is 5.78 Å². The quantitative estimate of drug-likeness (QED) is 0.604. The van der Waals surface area contributed by atoms with Crippen LogP contribution in [0.25, 0.3) is 0 Å². The van der Waals surface area contributed by atoms with Gasteiger partial charge in [0.1, 0.15) is 5.78 Å². The molecule has 0 aromatic carbocycles. The number of carbonyl (C=O) groups excluding carboxylic acids is 1. The predicted octanol–water partition coefficient (Wildman–Crippen LogP) is 1.59. The molecule has 0 unspecified atom stereocenters. The van der Waals surface area contributed by atoms with Crippen LogP contribution in [0, 0.1) is 22.7 Å². The molecule has 3 heteroatoms. The lowest BCUT2D eigenvalue weighted by Gasteiger charge is -2.49. The Hall–Kier alpha value is -0.880. The molecule has 1 saturated carbocycles. The van der Waals surface area contributed by atoms with Crippen LogP contribution in [0.3, 0.4) is 0 Å². The third kappa shape index (κ3) is 1.79. The van der Waals surface area contributed by atoms with Gasteiger partial charge in [0, 0.05) is 19.4 Å². The molecule has 0 bridgehead atoms. The second-order valence-corrected chi connectivity index (χ2v) is 5.40. The monoisotopic (exact) mass is 206 g/mol. The topological polar surface area (TPSA) is 44.1 Å². The maximum absolute atomic E-state index is 11.5. The molecule has 0 spiro atoms. The van der Waals surface area contributed by atoms with Crippen LogP contribution in [-0.2, 0) is 4.79 Å². The number of fused-ring (bicyclic) bond motifs is 1. The maximum atomic E-state index is 11.5. The van der Waals surface area contributed by atoms with Crippen LogP contribution in [0.5, 0.6) is 0 Å². The second kappa shape index (κ2) is 3.61. The Kier molecular flexibility index (Phi) is 2.56. The molecule has 0 N–H and O–H groups in total. The molecule has 82 valence electrons. The molecule has 1 aliphatic heterocycles. The number of nitrogens with zero attached hydrogens (tertiary/aromatic N) is 2. The number of likely N-dealkylation sites (tertiary alicyclic amines) is 1. The molecule has 2 fully saturated rings. The molecular formula is C12H18N2O. The zero-order valence-corrected chi connectivity index (χ0v) is 9.49. The highest BCUT2D eigenvalue weighted by Crippen LogP contribution is 2.45. The Morgan fingerprint density at radius 1 is 1.60 bits per heavy atom. The molecule has 0 aromatic rings. The van der Waals surface area contributed by atoms with E-state index in [1.54, 1.807) is 0 Å². The first kappa shape index (κ1) is 10.6. The molecule has 0 aromatic heterocycles. The summed E-state index contributed by atoms with van der Waals surface area (Å²) in [6, 6.07) is 2.41. The van der Waals surface area contributed by atoms with E-state index in [0.717, 1.165) is 25.8 Å². The minimum Gasteiger partial charge on any atom is -0.300 e. The lowest BCUT2D eigenvalue weighted by atomic mass is 9.62. The first-order valence-electron chi connectivity index (χ1n) is 5.67. The summed E-state index contributed by atoms with van der Waals surface area (Å²) < 4.78 is 0. The van der Waals surface area contributed by atoms with Crippen LogP contribution in [0.1, 0.15) is 32.6 Å². The van der Waals surface area contributed by atoms with Crippen molar-refractivity contribution in [3.63, 3.8) is 0 Å². The van der Waals surface area contributed by atoms with E-state index in [1.807, 2.05) is 7.05 Å². The number of rotatable bonds is 0. The van der Waals surface area contributed by atoms with Crippen LogP contribution >= 0.6 is 0 Å². The summed E-state index contributed by atoms with van der Waals surface area (Å²) in [6.07, 6.45) is 3.36. The molecule has 1 heterocycles. The van der Waals surface area contributed by atoms with Crippen LogP contribution in [0.4, 0.5) is 0 Å². The zero-order chi connectivity index (χ0) is 11.1. The normalized spacial score (nSPS) is 42.1. The lowest BCUT2D eigenvalue weighted by molar-refractivity contribution is -0.128. The highest BCUT2D eigenvalue weighted by atomic mass is 16.1. The fourth-order valence-corrected chi connectivity index (χ4v) is 3.23. The summed E-state index contributed by atoms with van der Waals surface area (Å²) in [4.78, 5) is 13.6. The first-order valence-corrected chi connectivity index (χ1v) is 5.67. The van der Waals surface area contributed by atoms with E-state index in [0.29, 0.717) is 18.1 Å². The van der Waals surface area contributed by atoms with Crippen LogP contribution in [-0.4, -0.2) is 30.3 Å². The van der Waals surface area contributed by atoms with Gasteiger partial charge in [-0.05, 0) is 31.2 Å². The van der Waals surface area contributed by atoms with E-state index in [9.17, 15) is 4.79 Å². The first-order chi connectivity index (χ1) is 7.05. The standard InChI is InChI=1S/C12H18N2O/c1-12-6-11(15)4-3-9(12)5-10(7-13)14(2)8-12/h9-10H,3-6,8H2,1-2H3/t9-,10+,12+/m1/s1. The van der Waals surface area contributed by atoms with Gasteiger partial charge >= 0.3 is 0 Å². The highest BCUT2D eigenvalue weighted by molar-refractivity contribution is 5.80. The molecule has 0 radical (unpaired) electrons. The molecule has 3 nitrogen and oxygen atoms in total. The van der Waals surface area contributed by atoms with Crippen molar-refractivity contribution in [1.82, 2.24) is 4.90 Å². The van der Waals surface area contributed by atoms with Crippen molar-refractivity contribution in [3.05, 3.63) is 0 Å². The van der Waals surface area contributed by atoms with Crippen molar-refractivity contribution in [2.24, 2.45) is 11.3 Å². The fraction of sp³-hybridized carbons (Fsp3) is 0.833. The van der Waals surface area contributed by atoms with Crippen molar-refractivity contribution in [1.29, 1.82) is 5.26 Å². The Labute approximate surface area is 91.1 Å². The van der Waals surface area contributed by atoms with Gasteiger partial charge in [0.2, 0.25) is 0 Å². The van der Waals surface area contributed by atoms with Gasteiger partial charge in [-0.15, -0.1) is 0 Å². The minimum atomic E-state index is 0.0521. The van der Waals surface area contributed by atoms with E-state index in [2.05, 4.69) is 17.9 Å².